The molecular weight excluding hydrogens is 350 g/mol. The van der Waals surface area contributed by atoms with E-state index in [9.17, 15) is 19.2 Å². The minimum atomic E-state index is -1.87. The Labute approximate surface area is 156 Å². The summed E-state index contributed by atoms with van der Waals surface area (Å²) < 4.78 is 10.4. The molecule has 2 heterocycles. The van der Waals surface area contributed by atoms with Gasteiger partial charge in [-0.05, 0) is 18.4 Å². The molecule has 1 aliphatic carbocycles. The van der Waals surface area contributed by atoms with Crippen molar-refractivity contribution in [2.45, 2.75) is 50.8 Å². The highest BCUT2D eigenvalue weighted by molar-refractivity contribution is 6.46. The van der Waals surface area contributed by atoms with Crippen LogP contribution >= 0.6 is 0 Å². The predicted octanol–water partition coefficient (Wildman–Crippen LogP) is 1.39. The number of esters is 2. The normalized spacial score (nSPS) is 28.2. The van der Waals surface area contributed by atoms with E-state index in [1.165, 1.54) is 4.90 Å². The van der Waals surface area contributed by atoms with Crippen LogP contribution in [0.25, 0.3) is 0 Å². The van der Waals surface area contributed by atoms with Gasteiger partial charge in [-0.25, -0.2) is 4.79 Å². The third-order valence-electron chi connectivity index (χ3n) is 5.79. The second-order valence-corrected chi connectivity index (χ2v) is 7.38. The zero-order chi connectivity index (χ0) is 19.0. The quantitative estimate of drug-likeness (QED) is 0.451. The van der Waals surface area contributed by atoms with Crippen LogP contribution in [0.2, 0.25) is 0 Å². The summed E-state index contributed by atoms with van der Waals surface area (Å²) >= 11 is 0. The monoisotopic (exact) mass is 371 g/mol. The van der Waals surface area contributed by atoms with Gasteiger partial charge in [-0.15, -0.1) is 0 Å². The lowest BCUT2D eigenvalue weighted by Crippen LogP contribution is -2.51. The fourth-order valence-electron chi connectivity index (χ4n) is 4.36. The van der Waals surface area contributed by atoms with Gasteiger partial charge in [-0.1, -0.05) is 49.6 Å². The van der Waals surface area contributed by atoms with E-state index in [4.69, 9.17) is 9.47 Å². The predicted molar refractivity (Wildman–Crippen MR) is 92.1 cm³/mol. The standard InChI is InChI=1S/C20H21NO6/c22-16-17(23)21(14-9-5-2-6-10-14)15-18(24)27-12-20(15,16)19(25)26-11-13-7-3-1-4-8-13/h1,3-4,7-8,14-15H,2,5-6,9-12H2. The minimum Gasteiger partial charge on any atom is -0.462 e. The molecular formula is C20H21NO6. The van der Waals surface area contributed by atoms with Crippen molar-refractivity contribution in [2.24, 2.45) is 5.41 Å². The van der Waals surface area contributed by atoms with Gasteiger partial charge in [0.2, 0.25) is 11.2 Å². The molecule has 1 saturated carbocycles. The maximum atomic E-state index is 12.9. The van der Waals surface area contributed by atoms with E-state index in [0.29, 0.717) is 0 Å². The van der Waals surface area contributed by atoms with Crippen LogP contribution in [0.1, 0.15) is 37.7 Å². The van der Waals surface area contributed by atoms with Gasteiger partial charge in [0, 0.05) is 6.04 Å². The van der Waals surface area contributed by atoms with Gasteiger partial charge in [0.25, 0.3) is 5.91 Å². The van der Waals surface area contributed by atoms with Crippen LogP contribution in [0, 0.1) is 5.41 Å². The van der Waals surface area contributed by atoms with E-state index in [1.807, 2.05) is 18.2 Å². The third-order valence-corrected chi connectivity index (χ3v) is 5.79. The maximum absolute atomic E-state index is 12.9. The third kappa shape index (κ3) is 2.72. The van der Waals surface area contributed by atoms with Crippen LogP contribution in [0.15, 0.2) is 30.3 Å². The van der Waals surface area contributed by atoms with Crippen molar-refractivity contribution >= 4 is 23.6 Å². The summed E-state index contributed by atoms with van der Waals surface area (Å²) in [6.07, 6.45) is 4.35. The molecule has 3 fully saturated rings. The summed E-state index contributed by atoms with van der Waals surface area (Å²) in [7, 11) is 0. The van der Waals surface area contributed by atoms with Gasteiger partial charge < -0.3 is 14.4 Å². The fraction of sp³-hybridized carbons (Fsp3) is 0.500. The lowest BCUT2D eigenvalue weighted by molar-refractivity contribution is -0.162. The molecule has 2 atom stereocenters. The van der Waals surface area contributed by atoms with Gasteiger partial charge >= 0.3 is 11.9 Å². The van der Waals surface area contributed by atoms with Gasteiger partial charge in [0.15, 0.2) is 6.04 Å². The number of carbonyl (C=O) groups excluding carboxylic acids is 4. The number of hydrogen-bond acceptors (Lipinski definition) is 6. The number of fused-ring (bicyclic) bond motifs is 1. The van der Waals surface area contributed by atoms with Crippen molar-refractivity contribution in [1.29, 1.82) is 0 Å². The Kier molecular flexibility index (Phi) is 4.45. The Morgan fingerprint density at radius 2 is 1.81 bits per heavy atom. The smallest absolute Gasteiger partial charge is 0.330 e. The molecule has 1 aromatic carbocycles. The number of cyclic esters (lactones) is 1. The number of benzene rings is 1. The molecule has 7 heteroatoms. The van der Waals surface area contributed by atoms with E-state index in [0.717, 1.165) is 37.7 Å². The summed E-state index contributed by atoms with van der Waals surface area (Å²) in [5.41, 5.74) is -1.12. The first-order valence-corrected chi connectivity index (χ1v) is 9.30. The van der Waals surface area contributed by atoms with Crippen molar-refractivity contribution in [1.82, 2.24) is 4.90 Å². The van der Waals surface area contributed by atoms with Crippen LogP contribution in [-0.2, 0) is 35.3 Å². The van der Waals surface area contributed by atoms with Crippen LogP contribution < -0.4 is 0 Å². The van der Waals surface area contributed by atoms with Crippen molar-refractivity contribution in [3.05, 3.63) is 35.9 Å². The molecule has 0 N–H and O–H groups in total. The maximum Gasteiger partial charge on any atom is 0.330 e. The van der Waals surface area contributed by atoms with Crippen molar-refractivity contribution < 1.29 is 28.7 Å². The number of hydrogen-bond donors (Lipinski definition) is 0. The molecule has 4 rings (SSSR count). The number of ketones is 1. The lowest BCUT2D eigenvalue weighted by atomic mass is 9.81. The summed E-state index contributed by atoms with van der Waals surface area (Å²) in [5, 5.41) is 0. The number of rotatable bonds is 4. The molecule has 2 aliphatic heterocycles. The van der Waals surface area contributed by atoms with Crippen molar-refractivity contribution in [3.63, 3.8) is 0 Å². The molecule has 2 unspecified atom stereocenters. The molecule has 0 aromatic heterocycles. The number of likely N-dealkylation sites (tertiary alicyclic amines) is 1. The summed E-state index contributed by atoms with van der Waals surface area (Å²) in [6, 6.07) is 7.61. The lowest BCUT2D eigenvalue weighted by Gasteiger charge is -2.34. The summed E-state index contributed by atoms with van der Waals surface area (Å²) in [6.45, 7) is -0.467. The van der Waals surface area contributed by atoms with E-state index >= 15 is 0 Å². The van der Waals surface area contributed by atoms with Crippen molar-refractivity contribution in [2.75, 3.05) is 6.61 Å². The number of carbonyl (C=O) groups is 4. The molecule has 3 aliphatic rings. The minimum absolute atomic E-state index is 0.0345. The Balaban J connectivity index is 1.61. The summed E-state index contributed by atoms with van der Waals surface area (Å²) in [5.74, 6) is -3.21. The van der Waals surface area contributed by atoms with E-state index < -0.39 is 41.7 Å². The zero-order valence-electron chi connectivity index (χ0n) is 14.9. The van der Waals surface area contributed by atoms with E-state index in [2.05, 4.69) is 0 Å². The molecule has 0 spiro atoms. The number of nitrogens with zero attached hydrogens (tertiary/aromatic N) is 1. The average molecular weight is 371 g/mol. The molecule has 0 radical (unpaired) electrons. The molecule has 142 valence electrons. The Bertz CT molecular complexity index is 785. The summed E-state index contributed by atoms with van der Waals surface area (Å²) in [4.78, 5) is 52.2. The van der Waals surface area contributed by atoms with E-state index in [1.54, 1.807) is 12.1 Å². The largest absolute Gasteiger partial charge is 0.462 e. The Morgan fingerprint density at radius 3 is 2.52 bits per heavy atom. The van der Waals surface area contributed by atoms with Gasteiger partial charge in [0.1, 0.15) is 13.2 Å². The highest BCUT2D eigenvalue weighted by atomic mass is 16.6. The SMILES string of the molecule is O=C1OCC2(C(=O)OCc3ccccc3)C(=O)C(=O)N(C3CCCCC3)C12. The molecule has 1 aromatic rings. The Hall–Kier alpha value is -2.70. The highest BCUT2D eigenvalue weighted by Gasteiger charge is 2.72. The zero-order valence-corrected chi connectivity index (χ0v) is 14.9. The topological polar surface area (TPSA) is 90.0 Å². The highest BCUT2D eigenvalue weighted by Crippen LogP contribution is 2.44. The second kappa shape index (κ2) is 6.79. The second-order valence-electron chi connectivity index (χ2n) is 7.38. The molecule has 27 heavy (non-hydrogen) atoms. The number of Topliss-reactive ketones (excluding diaryl/α,β-unsaturated/α-hetero) is 1. The fourth-order valence-corrected chi connectivity index (χ4v) is 4.36. The van der Waals surface area contributed by atoms with Gasteiger partial charge in [0.05, 0.1) is 0 Å². The van der Waals surface area contributed by atoms with Crippen LogP contribution in [0.4, 0.5) is 0 Å². The molecule has 0 bridgehead atoms. The van der Waals surface area contributed by atoms with Crippen LogP contribution in [-0.4, -0.2) is 47.2 Å². The molecule has 2 saturated heterocycles. The Morgan fingerprint density at radius 1 is 1.11 bits per heavy atom. The molecule has 1 amide bonds. The first-order chi connectivity index (χ1) is 13.1. The van der Waals surface area contributed by atoms with Crippen molar-refractivity contribution in [3.8, 4) is 0 Å². The average Bonchev–Trinajstić information content (AvgIpc) is 3.16. The number of ether oxygens (including phenoxy) is 2. The molecule has 7 nitrogen and oxygen atoms in total. The number of amides is 1. The van der Waals surface area contributed by atoms with Crippen LogP contribution in [0.5, 0.6) is 0 Å². The van der Waals surface area contributed by atoms with E-state index in [-0.39, 0.29) is 12.6 Å². The first kappa shape index (κ1) is 17.7. The van der Waals surface area contributed by atoms with Gasteiger partial charge in [-0.2, -0.15) is 0 Å². The van der Waals surface area contributed by atoms with Crippen LogP contribution in [0.3, 0.4) is 0 Å². The van der Waals surface area contributed by atoms with Gasteiger partial charge in [-0.3, -0.25) is 14.4 Å². The first-order valence-electron chi connectivity index (χ1n) is 9.30.